The number of aromatic nitrogens is 15. The molecule has 28 heteroatoms. The highest BCUT2D eigenvalue weighted by atomic mass is 35.5. The van der Waals surface area contributed by atoms with Crippen molar-refractivity contribution < 1.29 is 35.0 Å². The van der Waals surface area contributed by atoms with E-state index in [1.54, 1.807) is 52.0 Å². The third-order valence-electron chi connectivity index (χ3n) is 28.6. The predicted molar refractivity (Wildman–Crippen MR) is 458 cm³/mol. The van der Waals surface area contributed by atoms with E-state index in [0.29, 0.717) is 54.1 Å². The van der Waals surface area contributed by atoms with Gasteiger partial charge in [0.1, 0.15) is 63.3 Å². The maximum absolute atomic E-state index is 11.8. The molecule has 117 heavy (non-hydrogen) atoms. The normalized spacial score (nSPS) is 29.4. The van der Waals surface area contributed by atoms with Gasteiger partial charge in [-0.1, -0.05) is 161 Å². The third kappa shape index (κ3) is 18.6. The molecule has 2 saturated heterocycles. The summed E-state index contributed by atoms with van der Waals surface area (Å²) in [5, 5.41) is 79.6. The molecule has 0 spiro atoms. The zero-order valence-electron chi connectivity index (χ0n) is 67.0. The quantitative estimate of drug-likeness (QED) is 0.0315. The van der Waals surface area contributed by atoms with Crippen LogP contribution in [-0.4, -0.2) is 160 Å². The van der Waals surface area contributed by atoms with Crippen LogP contribution in [0.5, 0.6) is 0 Å². The molecule has 7 heterocycles. The number of nitrogens with zero attached hydrogens (tertiary/aromatic N) is 15. The molecule has 10 aromatic rings. The number of rotatable bonds is 26. The van der Waals surface area contributed by atoms with Crippen LogP contribution in [0.1, 0.15) is 153 Å². The van der Waals surface area contributed by atoms with E-state index < -0.39 is 22.2 Å². The predicted octanol–water partition coefficient (Wildman–Crippen LogP) is 16.7. The van der Waals surface area contributed by atoms with Crippen LogP contribution < -0.4 is 0 Å². The van der Waals surface area contributed by atoms with E-state index in [4.69, 9.17) is 79.1 Å². The lowest BCUT2D eigenvalue weighted by Gasteiger charge is -2.57. The molecule has 7 aliphatic rings. The molecule has 0 radical (unpaired) electrons. The van der Waals surface area contributed by atoms with Crippen molar-refractivity contribution in [2.24, 2.45) is 56.7 Å². The second kappa shape index (κ2) is 38.1. The summed E-state index contributed by atoms with van der Waals surface area (Å²) in [4.78, 5) is 20.1. The second-order valence-corrected chi connectivity index (χ2v) is 36.8. The number of alkyl halides is 1. The Labute approximate surface area is 718 Å². The van der Waals surface area contributed by atoms with Crippen LogP contribution >= 0.6 is 69.6 Å². The summed E-state index contributed by atoms with van der Waals surface area (Å²) in [5.41, 5.74) is 2.17. The van der Waals surface area contributed by atoms with Crippen LogP contribution in [-0.2, 0) is 74.3 Å². The van der Waals surface area contributed by atoms with Crippen molar-refractivity contribution >= 4 is 69.6 Å². The molecule has 17 rings (SSSR count). The molecule has 13 atom stereocenters. The number of fused-ring (bicyclic) bond motifs is 2. The number of hydrogen-bond donors (Lipinski definition) is 5. The average molecular weight is 1720 g/mol. The Morgan fingerprint density at radius 2 is 0.667 bits per heavy atom. The number of ether oxygens (including phenoxy) is 2. The summed E-state index contributed by atoms with van der Waals surface area (Å²) in [6.07, 6.45) is 33.7. The summed E-state index contributed by atoms with van der Waals surface area (Å²) in [7, 11) is 0. The first-order chi connectivity index (χ1) is 55.8. The van der Waals surface area contributed by atoms with E-state index in [9.17, 15) is 25.5 Å². The minimum absolute atomic E-state index is 0. The SMILES string of the molecule is C.CC12CCC(Cc3ccc(Cl)cc3)C1(Cn1cncn1)OC2.CCC1(CC)CCC(Cc2ccc(Cl)cc2)C1(O)Cn1cncn1.CCC12CCC(Cc3ccc(Cl)cc3)C1(Cn1cncn1)OC2.C[C@@]1(CCl)CCC(Cc2ccc(Cl)cc2)[C@@]1(O)Cn1cncn1.OCC1(CO)CCC(Cc2ccc(Cl)cc2)C1(O)Cn1cncn1. The van der Waals surface area contributed by atoms with Gasteiger partial charge in [-0.15, -0.1) is 11.6 Å². The van der Waals surface area contributed by atoms with Gasteiger partial charge in [0.2, 0.25) is 0 Å². The van der Waals surface area contributed by atoms with Gasteiger partial charge in [0.25, 0.3) is 0 Å². The van der Waals surface area contributed by atoms with Gasteiger partial charge in [-0.3, -0.25) is 23.4 Å². The monoisotopic (exact) mass is 1720 g/mol. The molecule has 0 bridgehead atoms. The summed E-state index contributed by atoms with van der Waals surface area (Å²) < 4.78 is 21.4. The summed E-state index contributed by atoms with van der Waals surface area (Å²) in [6.45, 7) is 15.0. The van der Waals surface area contributed by atoms with Crippen LogP contribution in [0.4, 0.5) is 0 Å². The van der Waals surface area contributed by atoms with Gasteiger partial charge in [-0.05, 0) is 234 Å². The molecule has 22 nitrogen and oxygen atoms in total. The standard InChI is InChI=1S/C19H26ClN3O.C18H22ClN3O.C17H21Cl2N3O.C17H22ClN3O3.C17H20ClN3O.CH4/c1-3-18(4-2)10-9-16(11-15-5-7-17(20)8-6-15)19(18,24)12-23-14-21-13-22-23;1-2-17-8-7-15(9-14-3-5-16(19)6-4-14)18(17,23-11-17)10-22-13-20-12-21-22;1-16(9-18)7-6-14(8-13-2-4-15(19)5-3-13)17(16,23)10-22-12-20-11-21-22;18-15-3-1-13(2-4-15)7-14-5-6-16(9-22,10-23)17(14,24)8-21-12-19-11-20-21;1-16-7-6-14(8-13-2-4-15(18)5-3-13)17(16,22-10-16)9-21-12-19-11-20-21;/h5-8,13-14,16,24H,3-4,9-12H2,1-2H3;3-6,12-13,15H,2,7-11H2,1H3;2-5,11-12,14,23H,6-10H2,1H3;1-4,11-12,14,22-24H,5-10H2;2-5,11-12,14H,6-10H2,1H3;1H4/t;;14?,16-,17-;;;/m..0.../s1. The second-order valence-electron chi connectivity index (χ2n) is 34.4. The number of aliphatic hydroxyl groups is 5. The number of halogens is 6. The maximum Gasteiger partial charge on any atom is 0.137 e. The molecule has 0 amide bonds. The smallest absolute Gasteiger partial charge is 0.137 e. The highest BCUT2D eigenvalue weighted by molar-refractivity contribution is 6.31. The Hall–Kier alpha value is -6.74. The van der Waals surface area contributed by atoms with Crippen molar-refractivity contribution in [2.75, 3.05) is 32.3 Å². The van der Waals surface area contributed by atoms with Gasteiger partial charge >= 0.3 is 0 Å². The Bertz CT molecular complexity index is 4430. The molecule has 5 N–H and O–H groups in total. The van der Waals surface area contributed by atoms with Crippen LogP contribution in [0.2, 0.25) is 25.1 Å². The number of benzene rings is 5. The van der Waals surface area contributed by atoms with Gasteiger partial charge in [-0.25, -0.2) is 24.9 Å². The summed E-state index contributed by atoms with van der Waals surface area (Å²) >= 11 is 36.1. The van der Waals surface area contributed by atoms with Crippen LogP contribution in [0.3, 0.4) is 0 Å². The zero-order valence-corrected chi connectivity index (χ0v) is 71.6. The van der Waals surface area contributed by atoms with Gasteiger partial charge in [-0.2, -0.15) is 25.5 Å². The van der Waals surface area contributed by atoms with Crippen molar-refractivity contribution in [2.45, 2.75) is 218 Å². The lowest BCUT2D eigenvalue weighted by Crippen LogP contribution is -2.65. The molecule has 630 valence electrons. The van der Waals surface area contributed by atoms with E-state index in [1.165, 1.54) is 79.7 Å². The first-order valence-corrected chi connectivity index (χ1v) is 43.3. The molecule has 5 aliphatic carbocycles. The van der Waals surface area contributed by atoms with Crippen molar-refractivity contribution in [3.63, 3.8) is 0 Å². The van der Waals surface area contributed by atoms with E-state index in [-0.39, 0.29) is 72.4 Å². The molecule has 11 unspecified atom stereocenters. The Balaban J connectivity index is 0.000000134. The molecular weight excluding hydrogens is 1600 g/mol. The highest BCUT2D eigenvalue weighted by Gasteiger charge is 2.68. The van der Waals surface area contributed by atoms with E-state index in [1.807, 2.05) is 94.3 Å². The Kier molecular flexibility index (Phi) is 29.2. The molecule has 2 aliphatic heterocycles. The fourth-order valence-electron chi connectivity index (χ4n) is 21.0. The van der Waals surface area contributed by atoms with E-state index in [2.05, 4.69) is 121 Å². The van der Waals surface area contributed by atoms with Crippen molar-refractivity contribution in [3.05, 3.63) is 238 Å². The highest BCUT2D eigenvalue weighted by Crippen LogP contribution is 2.64. The lowest BCUT2D eigenvalue weighted by molar-refractivity contribution is -0.276. The maximum atomic E-state index is 11.8. The van der Waals surface area contributed by atoms with Crippen molar-refractivity contribution in [3.8, 4) is 0 Å². The molecule has 7 fully saturated rings. The fourth-order valence-corrected chi connectivity index (χ4v) is 22.0. The van der Waals surface area contributed by atoms with E-state index in [0.717, 1.165) is 123 Å². The number of aliphatic hydroxyl groups excluding tert-OH is 2. The average Bonchev–Trinajstić information content (AvgIpc) is 1.56. The zero-order chi connectivity index (χ0) is 82.0. The minimum atomic E-state index is -1.27. The van der Waals surface area contributed by atoms with Crippen LogP contribution in [0.15, 0.2) is 185 Å². The summed E-state index contributed by atoms with van der Waals surface area (Å²) in [5.74, 6) is 1.68. The third-order valence-corrected chi connectivity index (χ3v) is 30.5. The molecular formula is C89H115Cl6N15O7. The first kappa shape index (κ1) is 89.5. The van der Waals surface area contributed by atoms with Gasteiger partial charge in [0.05, 0.1) is 87.2 Å². The first-order valence-electron chi connectivity index (χ1n) is 40.9. The lowest BCUT2D eigenvalue weighted by atomic mass is 9.64. The van der Waals surface area contributed by atoms with Gasteiger partial charge < -0.3 is 35.0 Å². The fraction of sp³-hybridized carbons (Fsp3) is 0.551. The van der Waals surface area contributed by atoms with Crippen LogP contribution in [0, 0.1) is 56.7 Å². The minimum Gasteiger partial charge on any atom is -0.396 e. The van der Waals surface area contributed by atoms with Crippen molar-refractivity contribution in [1.82, 2.24) is 73.8 Å². The Morgan fingerprint density at radius 3 is 0.983 bits per heavy atom. The number of hydrogen-bond acceptors (Lipinski definition) is 17. The topological polar surface area (TPSA) is 273 Å². The van der Waals surface area contributed by atoms with Gasteiger partial charge in [0.15, 0.2) is 0 Å². The van der Waals surface area contributed by atoms with Crippen LogP contribution in [0.25, 0.3) is 0 Å². The van der Waals surface area contributed by atoms with Crippen molar-refractivity contribution in [1.29, 1.82) is 0 Å². The molecule has 5 saturated carbocycles. The largest absolute Gasteiger partial charge is 0.396 e. The summed E-state index contributed by atoms with van der Waals surface area (Å²) in [6, 6.07) is 39.8. The Morgan fingerprint density at radius 1 is 0.368 bits per heavy atom. The molecule has 5 aromatic heterocycles. The van der Waals surface area contributed by atoms with E-state index >= 15 is 0 Å². The van der Waals surface area contributed by atoms with Gasteiger partial charge in [0, 0.05) is 58.1 Å². The molecule has 5 aromatic carbocycles.